The average molecular weight is 425 g/mol. The number of anilines is 2. The number of nitrogen functional groups attached to an aromatic ring is 1. The van der Waals surface area contributed by atoms with Gasteiger partial charge in [-0.2, -0.15) is 5.10 Å². The molecule has 0 atom stereocenters. The van der Waals surface area contributed by atoms with E-state index in [4.69, 9.17) is 5.73 Å². The van der Waals surface area contributed by atoms with Crippen molar-refractivity contribution >= 4 is 39.0 Å². The summed E-state index contributed by atoms with van der Waals surface area (Å²) in [6.07, 6.45) is 0. The van der Waals surface area contributed by atoms with E-state index in [1.54, 1.807) is 16.2 Å². The van der Waals surface area contributed by atoms with Crippen molar-refractivity contribution < 1.29 is 4.79 Å². The third kappa shape index (κ3) is 3.97. The highest BCUT2D eigenvalue weighted by atomic mass is 32.1. The number of benzene rings is 1. The summed E-state index contributed by atoms with van der Waals surface area (Å²) in [5.74, 6) is 0.479. The molecule has 0 radical (unpaired) electrons. The van der Waals surface area contributed by atoms with Gasteiger partial charge in [0.25, 0.3) is 0 Å². The largest absolute Gasteiger partial charge is 0.397 e. The molecule has 0 aliphatic carbocycles. The minimum absolute atomic E-state index is 0.0619. The predicted octanol–water partition coefficient (Wildman–Crippen LogP) is 4.02. The fourth-order valence-electron chi connectivity index (χ4n) is 3.58. The zero-order valence-corrected chi connectivity index (χ0v) is 18.6. The lowest BCUT2D eigenvalue weighted by molar-refractivity contribution is 0.148. The summed E-state index contributed by atoms with van der Waals surface area (Å²) in [6.45, 7) is 10.3. The van der Waals surface area contributed by atoms with Gasteiger partial charge in [0.1, 0.15) is 4.83 Å². The summed E-state index contributed by atoms with van der Waals surface area (Å²) >= 11 is 1.58. The van der Waals surface area contributed by atoms with Gasteiger partial charge >= 0.3 is 6.03 Å². The summed E-state index contributed by atoms with van der Waals surface area (Å²) in [7, 11) is 0. The Labute approximate surface area is 180 Å². The van der Waals surface area contributed by atoms with Gasteiger partial charge in [0, 0.05) is 41.6 Å². The Morgan fingerprint density at radius 3 is 2.60 bits per heavy atom. The minimum Gasteiger partial charge on any atom is -0.397 e. The van der Waals surface area contributed by atoms with Crippen LogP contribution in [0.4, 0.5) is 16.2 Å². The maximum atomic E-state index is 12.4. The average Bonchev–Trinajstić information content (AvgIpc) is 3.00. The molecule has 7 nitrogen and oxygen atoms in total. The topological polar surface area (TPSA) is 96.2 Å². The van der Waals surface area contributed by atoms with Crippen molar-refractivity contribution in [2.75, 3.05) is 24.1 Å². The molecule has 0 unspecified atom stereocenters. The highest BCUT2D eigenvalue weighted by molar-refractivity contribution is 7.19. The molecule has 4 rings (SSSR count). The van der Waals surface area contributed by atoms with Crippen LogP contribution in [0, 0.1) is 13.8 Å². The Morgan fingerprint density at radius 1 is 1.23 bits per heavy atom. The Balaban J connectivity index is 1.29. The zero-order chi connectivity index (χ0) is 21.4. The second-order valence-electron chi connectivity index (χ2n) is 8.22. The smallest absolute Gasteiger partial charge is 0.321 e. The fraction of sp³-hybridized carbons (Fsp3) is 0.409. The van der Waals surface area contributed by atoms with Crippen molar-refractivity contribution in [3.63, 3.8) is 0 Å². The standard InChI is InChI=1S/C22H28N6OS/c1-12(2)15-5-7-16(8-6-15)25-22(29)28-10-17(11-28)24-9-18-20(23)19-13(3)14(4)26-27-21(19)30-18/h5-8,12,17,24H,9-11,23H2,1-4H3,(H,25,29). The number of aryl methyl sites for hydroxylation is 2. The van der Waals surface area contributed by atoms with E-state index in [0.29, 0.717) is 25.6 Å². The number of amides is 2. The molecule has 2 amide bonds. The maximum Gasteiger partial charge on any atom is 0.321 e. The number of nitrogens with two attached hydrogens (primary N) is 1. The maximum absolute atomic E-state index is 12.4. The quantitative estimate of drug-likeness (QED) is 0.575. The third-order valence-electron chi connectivity index (χ3n) is 5.76. The number of hydrogen-bond donors (Lipinski definition) is 3. The van der Waals surface area contributed by atoms with Gasteiger partial charge in [-0.3, -0.25) is 0 Å². The first-order valence-corrected chi connectivity index (χ1v) is 11.0. The molecule has 1 aliphatic heterocycles. The van der Waals surface area contributed by atoms with E-state index < -0.39 is 0 Å². The van der Waals surface area contributed by atoms with Crippen LogP contribution >= 0.6 is 11.3 Å². The van der Waals surface area contributed by atoms with E-state index in [1.807, 2.05) is 26.0 Å². The molecule has 2 aromatic heterocycles. The van der Waals surface area contributed by atoms with Crippen LogP contribution < -0.4 is 16.4 Å². The molecule has 4 N–H and O–H groups in total. The number of carbonyl (C=O) groups excluding carboxylic acids is 1. The van der Waals surface area contributed by atoms with Gasteiger partial charge in [0.2, 0.25) is 0 Å². The SMILES string of the molecule is Cc1nnc2sc(CNC3CN(C(=O)Nc4ccc(C(C)C)cc4)C3)c(N)c2c1C. The number of fused-ring (bicyclic) bond motifs is 1. The molecule has 1 saturated heterocycles. The Kier molecular flexibility index (Phi) is 5.62. The predicted molar refractivity (Wildman–Crippen MR) is 123 cm³/mol. The highest BCUT2D eigenvalue weighted by Crippen LogP contribution is 2.34. The van der Waals surface area contributed by atoms with Crippen LogP contribution in [0.25, 0.3) is 10.2 Å². The molecular formula is C22H28N6OS. The molecule has 0 spiro atoms. The number of urea groups is 1. The Bertz CT molecular complexity index is 1070. The summed E-state index contributed by atoms with van der Waals surface area (Å²) < 4.78 is 0. The molecule has 0 bridgehead atoms. The summed E-state index contributed by atoms with van der Waals surface area (Å²) in [5.41, 5.74) is 11.2. The fourth-order valence-corrected chi connectivity index (χ4v) is 4.63. The molecule has 1 fully saturated rings. The number of thiophene rings is 1. The second kappa shape index (κ2) is 8.20. The van der Waals surface area contributed by atoms with Crippen molar-refractivity contribution in [3.8, 4) is 0 Å². The van der Waals surface area contributed by atoms with E-state index >= 15 is 0 Å². The third-order valence-corrected chi connectivity index (χ3v) is 6.85. The monoisotopic (exact) mass is 424 g/mol. The van der Waals surface area contributed by atoms with Crippen LogP contribution in [-0.2, 0) is 6.54 Å². The van der Waals surface area contributed by atoms with Crippen LogP contribution in [-0.4, -0.2) is 40.3 Å². The highest BCUT2D eigenvalue weighted by Gasteiger charge is 2.30. The molecule has 158 valence electrons. The number of hydrogen-bond acceptors (Lipinski definition) is 6. The second-order valence-corrected chi connectivity index (χ2v) is 9.30. The summed E-state index contributed by atoms with van der Waals surface area (Å²) in [6, 6.07) is 8.23. The first-order chi connectivity index (χ1) is 14.3. The number of nitrogens with zero attached hydrogens (tertiary/aromatic N) is 3. The number of aromatic nitrogens is 2. The van der Waals surface area contributed by atoms with E-state index in [-0.39, 0.29) is 12.1 Å². The number of carbonyl (C=O) groups is 1. The molecule has 1 aromatic carbocycles. The van der Waals surface area contributed by atoms with E-state index in [9.17, 15) is 4.79 Å². The Hall–Kier alpha value is -2.71. The molecular weight excluding hydrogens is 396 g/mol. The van der Waals surface area contributed by atoms with E-state index in [2.05, 4.69) is 46.8 Å². The van der Waals surface area contributed by atoms with Gasteiger partial charge in [-0.1, -0.05) is 26.0 Å². The summed E-state index contributed by atoms with van der Waals surface area (Å²) in [5, 5.41) is 16.0. The number of likely N-dealkylation sites (tertiary alicyclic amines) is 1. The van der Waals surface area contributed by atoms with Crippen molar-refractivity contribution in [3.05, 3.63) is 46.0 Å². The zero-order valence-electron chi connectivity index (χ0n) is 17.8. The molecule has 8 heteroatoms. The molecule has 30 heavy (non-hydrogen) atoms. The van der Waals surface area contributed by atoms with Crippen LogP contribution in [0.15, 0.2) is 24.3 Å². The van der Waals surface area contributed by atoms with Gasteiger partial charge in [0.15, 0.2) is 0 Å². The lowest BCUT2D eigenvalue weighted by atomic mass is 10.0. The first kappa shape index (κ1) is 20.6. The summed E-state index contributed by atoms with van der Waals surface area (Å²) in [4.78, 5) is 16.2. The molecule has 3 heterocycles. The van der Waals surface area contributed by atoms with Crippen LogP contribution in [0.1, 0.15) is 41.5 Å². The van der Waals surface area contributed by atoms with E-state index in [1.165, 1.54) is 5.56 Å². The minimum atomic E-state index is -0.0619. The van der Waals surface area contributed by atoms with Gasteiger partial charge < -0.3 is 21.3 Å². The van der Waals surface area contributed by atoms with Gasteiger partial charge in [0.05, 0.1) is 11.4 Å². The van der Waals surface area contributed by atoms with Gasteiger partial charge in [-0.05, 0) is 43.0 Å². The van der Waals surface area contributed by atoms with Crippen LogP contribution in [0.3, 0.4) is 0 Å². The first-order valence-electron chi connectivity index (χ1n) is 10.2. The Morgan fingerprint density at radius 2 is 1.93 bits per heavy atom. The molecule has 0 saturated carbocycles. The molecule has 1 aliphatic rings. The van der Waals surface area contributed by atoms with Crippen LogP contribution in [0.2, 0.25) is 0 Å². The van der Waals surface area contributed by atoms with Crippen molar-refractivity contribution in [2.45, 2.75) is 46.2 Å². The number of nitrogens with one attached hydrogen (secondary N) is 2. The number of rotatable bonds is 5. The van der Waals surface area contributed by atoms with E-state index in [0.717, 1.165) is 37.7 Å². The van der Waals surface area contributed by atoms with Crippen molar-refractivity contribution in [2.24, 2.45) is 0 Å². The van der Waals surface area contributed by atoms with Crippen molar-refractivity contribution in [1.29, 1.82) is 0 Å². The van der Waals surface area contributed by atoms with Gasteiger partial charge in [-0.25, -0.2) is 4.79 Å². The lowest BCUT2D eigenvalue weighted by Gasteiger charge is -2.39. The molecule has 3 aromatic rings. The van der Waals surface area contributed by atoms with Crippen molar-refractivity contribution in [1.82, 2.24) is 20.4 Å². The van der Waals surface area contributed by atoms with Crippen LogP contribution in [0.5, 0.6) is 0 Å². The normalized spacial score (nSPS) is 14.4. The lowest BCUT2D eigenvalue weighted by Crippen LogP contribution is -2.60. The van der Waals surface area contributed by atoms with Gasteiger partial charge in [-0.15, -0.1) is 16.4 Å².